The predicted molar refractivity (Wildman–Crippen MR) is 92.9 cm³/mol. The first-order valence-corrected chi connectivity index (χ1v) is 11.6. The third kappa shape index (κ3) is 5.96. The van der Waals surface area contributed by atoms with Crippen LogP contribution in [0.2, 0.25) is 18.1 Å². The van der Waals surface area contributed by atoms with Gasteiger partial charge in [0.15, 0.2) is 8.32 Å². The minimum absolute atomic E-state index is 0.0761. The van der Waals surface area contributed by atoms with E-state index >= 15 is 0 Å². The lowest BCUT2D eigenvalue weighted by Crippen LogP contribution is -2.51. The maximum Gasteiger partial charge on any atom is 0.192 e. The molecule has 0 aromatic carbocycles. The van der Waals surface area contributed by atoms with Gasteiger partial charge in [-0.3, -0.25) is 0 Å². The van der Waals surface area contributed by atoms with Crippen molar-refractivity contribution >= 4 is 19.3 Å². The van der Waals surface area contributed by atoms with Crippen molar-refractivity contribution in [2.24, 2.45) is 0 Å². The van der Waals surface area contributed by atoms with Gasteiger partial charge >= 0.3 is 0 Å². The number of hydrogen-bond donors (Lipinski definition) is 1. The van der Waals surface area contributed by atoms with Crippen LogP contribution in [0.15, 0.2) is 0 Å². The van der Waals surface area contributed by atoms with Crippen LogP contribution in [0.25, 0.3) is 0 Å². The highest BCUT2D eigenvalue weighted by Crippen LogP contribution is 2.37. The highest BCUT2D eigenvalue weighted by atomic mass is 32.2. The Morgan fingerprint density at radius 2 is 1.60 bits per heavy atom. The largest absolute Gasteiger partial charge is 0.413 e. The molecule has 0 spiro atoms. The molecule has 0 aliphatic heterocycles. The Morgan fingerprint density at radius 1 is 1.15 bits per heavy atom. The summed E-state index contributed by atoms with van der Waals surface area (Å²) in [5.74, 6) is 0. The van der Waals surface area contributed by atoms with Crippen LogP contribution in [0.3, 0.4) is 0 Å². The fourth-order valence-electron chi connectivity index (χ4n) is 1.55. The second-order valence-corrected chi connectivity index (χ2v) is 14.9. The lowest BCUT2D eigenvalue weighted by atomic mass is 10.1. The molecule has 0 saturated heterocycles. The summed E-state index contributed by atoms with van der Waals surface area (Å²) in [5, 5.41) is 0.197. The molecule has 0 amide bonds. The van der Waals surface area contributed by atoms with Crippen LogP contribution < -0.4 is 4.72 Å². The Bertz CT molecular complexity index is 332. The Balaban J connectivity index is 4.81. The molecule has 0 bridgehead atoms. The topological polar surface area (TPSA) is 38.3 Å². The van der Waals surface area contributed by atoms with Crippen LogP contribution in [0.4, 0.5) is 0 Å². The number of hydrogen-bond acceptors (Lipinski definition) is 2. The third-order valence-corrected chi connectivity index (χ3v) is 10.3. The molecule has 122 valence electrons. The molecule has 0 aliphatic carbocycles. The standard InChI is InChI=1S/C15H35NO2SSi/c1-11-13(16-19(17)14(3,4)5)12(2)18-20(9,10)15(6,7)8/h12-13,16H,11H2,1-10H3/t12-,13+,19+/m0/s1. The normalized spacial score (nSPS) is 18.7. The van der Waals surface area contributed by atoms with E-state index in [1.54, 1.807) is 0 Å². The van der Waals surface area contributed by atoms with E-state index in [2.05, 4.69) is 52.4 Å². The lowest BCUT2D eigenvalue weighted by molar-refractivity contribution is 0.161. The van der Waals surface area contributed by atoms with E-state index in [4.69, 9.17) is 4.43 Å². The molecule has 0 aromatic rings. The summed E-state index contributed by atoms with van der Waals surface area (Å²) in [6.07, 6.45) is 0.990. The van der Waals surface area contributed by atoms with Gasteiger partial charge in [-0.1, -0.05) is 27.7 Å². The summed E-state index contributed by atoms with van der Waals surface area (Å²) in [7, 11) is -2.83. The van der Waals surface area contributed by atoms with Gasteiger partial charge < -0.3 is 4.43 Å². The maximum absolute atomic E-state index is 12.3. The van der Waals surface area contributed by atoms with Gasteiger partial charge in [-0.05, 0) is 52.2 Å². The van der Waals surface area contributed by atoms with Gasteiger partial charge in [-0.25, -0.2) is 8.93 Å². The minimum Gasteiger partial charge on any atom is -0.413 e. The van der Waals surface area contributed by atoms with E-state index in [1.807, 2.05) is 20.8 Å². The van der Waals surface area contributed by atoms with Crippen LogP contribution in [-0.4, -0.2) is 29.4 Å². The Morgan fingerprint density at radius 3 is 1.90 bits per heavy atom. The Hall–Kier alpha value is 0.287. The lowest BCUT2D eigenvalue weighted by Gasteiger charge is -2.40. The van der Waals surface area contributed by atoms with E-state index in [0.29, 0.717) is 0 Å². The van der Waals surface area contributed by atoms with Gasteiger partial charge in [0.25, 0.3) is 0 Å². The molecular weight excluding hydrogens is 286 g/mol. The van der Waals surface area contributed by atoms with E-state index in [1.165, 1.54) is 0 Å². The Labute approximate surface area is 130 Å². The van der Waals surface area contributed by atoms with Crippen molar-refractivity contribution in [3.05, 3.63) is 0 Å². The first-order valence-electron chi connectivity index (χ1n) is 7.58. The molecule has 3 atom stereocenters. The molecule has 5 heteroatoms. The zero-order valence-electron chi connectivity index (χ0n) is 15.1. The van der Waals surface area contributed by atoms with Crippen LogP contribution in [0.5, 0.6) is 0 Å². The predicted octanol–water partition coefficient (Wildman–Crippen LogP) is 4.23. The molecule has 0 heterocycles. The second kappa shape index (κ2) is 7.03. The third-order valence-electron chi connectivity index (χ3n) is 4.11. The molecule has 0 fully saturated rings. The summed E-state index contributed by atoms with van der Waals surface area (Å²) >= 11 is 0. The molecule has 0 radical (unpaired) electrons. The fourth-order valence-corrected chi connectivity index (χ4v) is 3.98. The second-order valence-electron chi connectivity index (χ2n) is 8.10. The Kier molecular flexibility index (Phi) is 7.13. The van der Waals surface area contributed by atoms with E-state index in [9.17, 15) is 4.21 Å². The van der Waals surface area contributed by atoms with Crippen LogP contribution in [-0.2, 0) is 15.4 Å². The molecule has 1 N–H and O–H groups in total. The number of nitrogens with one attached hydrogen (secondary N) is 1. The van der Waals surface area contributed by atoms with E-state index < -0.39 is 19.3 Å². The van der Waals surface area contributed by atoms with Crippen molar-refractivity contribution in [1.82, 2.24) is 4.72 Å². The van der Waals surface area contributed by atoms with Gasteiger partial charge in [0.05, 0.1) is 21.8 Å². The average Bonchev–Trinajstić information content (AvgIpc) is 2.21. The van der Waals surface area contributed by atoms with Crippen molar-refractivity contribution in [3.63, 3.8) is 0 Å². The van der Waals surface area contributed by atoms with Gasteiger partial charge in [0, 0.05) is 6.04 Å². The SMILES string of the molecule is CC[C@@H](N[S@](=O)C(C)(C)C)[C@H](C)O[Si](C)(C)C(C)(C)C. The van der Waals surface area contributed by atoms with Crippen molar-refractivity contribution in [1.29, 1.82) is 0 Å². The van der Waals surface area contributed by atoms with Crippen LogP contribution >= 0.6 is 0 Å². The zero-order chi connectivity index (χ0) is 16.4. The highest BCUT2D eigenvalue weighted by Gasteiger charge is 2.39. The van der Waals surface area contributed by atoms with Gasteiger partial charge in [-0.2, -0.15) is 0 Å². The average molecular weight is 322 g/mol. The summed E-state index contributed by atoms with van der Waals surface area (Å²) in [5.41, 5.74) is 0. The molecule has 3 nitrogen and oxygen atoms in total. The first-order chi connectivity index (χ1) is 8.72. The molecular formula is C15H35NO2SSi. The fraction of sp³-hybridized carbons (Fsp3) is 1.00. The summed E-state index contributed by atoms with van der Waals surface area (Å²) < 4.78 is 21.7. The first kappa shape index (κ1) is 20.3. The molecule has 0 aliphatic rings. The molecule has 0 aromatic heterocycles. The number of rotatable bonds is 6. The molecule has 0 saturated carbocycles. The van der Waals surface area contributed by atoms with Gasteiger partial charge in [0.1, 0.15) is 0 Å². The van der Waals surface area contributed by atoms with E-state index in [-0.39, 0.29) is 21.9 Å². The molecule has 0 rings (SSSR count). The summed E-state index contributed by atoms with van der Waals surface area (Å²) in [6.45, 7) is 21.4. The quantitative estimate of drug-likeness (QED) is 0.744. The monoisotopic (exact) mass is 321 g/mol. The smallest absolute Gasteiger partial charge is 0.192 e. The maximum atomic E-state index is 12.3. The van der Waals surface area contributed by atoms with Gasteiger partial charge in [0.2, 0.25) is 0 Å². The highest BCUT2D eigenvalue weighted by molar-refractivity contribution is 7.84. The van der Waals surface area contributed by atoms with Crippen molar-refractivity contribution in [2.75, 3.05) is 0 Å². The van der Waals surface area contributed by atoms with Crippen molar-refractivity contribution < 1.29 is 8.63 Å². The van der Waals surface area contributed by atoms with Crippen LogP contribution in [0, 0.1) is 0 Å². The van der Waals surface area contributed by atoms with Crippen molar-refractivity contribution in [2.45, 2.75) is 96.8 Å². The van der Waals surface area contributed by atoms with E-state index in [0.717, 1.165) is 6.42 Å². The summed E-state index contributed by atoms with van der Waals surface area (Å²) in [4.78, 5) is 0. The van der Waals surface area contributed by atoms with Crippen LogP contribution in [0.1, 0.15) is 61.8 Å². The van der Waals surface area contributed by atoms with Gasteiger partial charge in [-0.15, -0.1) is 0 Å². The van der Waals surface area contributed by atoms with Crippen molar-refractivity contribution in [3.8, 4) is 0 Å². The summed E-state index contributed by atoms with van der Waals surface area (Å²) in [6, 6.07) is 0.129. The zero-order valence-corrected chi connectivity index (χ0v) is 16.9. The molecule has 0 unspecified atom stereocenters. The molecule has 20 heavy (non-hydrogen) atoms. The minimum atomic E-state index is -1.78.